The van der Waals surface area contributed by atoms with Gasteiger partial charge in [0.1, 0.15) is 10.3 Å². The number of carbonyl (C=O) groups is 1. The minimum atomic E-state index is -0.473. The van der Waals surface area contributed by atoms with Gasteiger partial charge >= 0.3 is 0 Å². The topological polar surface area (TPSA) is 78.0 Å². The first-order valence-corrected chi connectivity index (χ1v) is 7.45. The molecule has 3 rings (SSSR count). The SMILES string of the molecule is O=Cc1c(-c2ccccc2)nn(-c2cccc([N+](=O)[O-])c2)c1Br. The van der Waals surface area contributed by atoms with Crippen LogP contribution < -0.4 is 0 Å². The van der Waals surface area contributed by atoms with E-state index in [1.165, 1.54) is 16.8 Å². The molecule has 0 N–H and O–H groups in total. The van der Waals surface area contributed by atoms with Crippen LogP contribution in [0.3, 0.4) is 0 Å². The molecule has 7 heteroatoms. The number of halogens is 1. The number of nitro benzene ring substituents is 1. The van der Waals surface area contributed by atoms with E-state index in [4.69, 9.17) is 0 Å². The number of rotatable bonds is 4. The quantitative estimate of drug-likeness (QED) is 0.394. The van der Waals surface area contributed by atoms with Crippen molar-refractivity contribution in [2.75, 3.05) is 0 Å². The zero-order valence-corrected chi connectivity index (χ0v) is 13.3. The second-order valence-corrected chi connectivity index (χ2v) is 5.48. The number of carbonyl (C=O) groups excluding carboxylic acids is 1. The van der Waals surface area contributed by atoms with Gasteiger partial charge in [0.15, 0.2) is 6.29 Å². The predicted octanol–water partition coefficient (Wildman–Crippen LogP) is 4.02. The van der Waals surface area contributed by atoms with Gasteiger partial charge in [-0.25, -0.2) is 4.68 Å². The largest absolute Gasteiger partial charge is 0.298 e. The first-order chi connectivity index (χ1) is 11.1. The molecule has 0 bridgehead atoms. The summed E-state index contributed by atoms with van der Waals surface area (Å²) in [6.07, 6.45) is 0.716. The molecule has 0 saturated carbocycles. The highest BCUT2D eigenvalue weighted by atomic mass is 79.9. The lowest BCUT2D eigenvalue weighted by molar-refractivity contribution is -0.384. The van der Waals surface area contributed by atoms with E-state index in [9.17, 15) is 14.9 Å². The van der Waals surface area contributed by atoms with Gasteiger partial charge in [0.25, 0.3) is 5.69 Å². The molecule has 0 spiro atoms. The smallest absolute Gasteiger partial charge is 0.271 e. The van der Waals surface area contributed by atoms with Gasteiger partial charge in [0.05, 0.1) is 16.2 Å². The lowest BCUT2D eigenvalue weighted by Crippen LogP contribution is -1.98. The fraction of sp³-hybridized carbons (Fsp3) is 0. The van der Waals surface area contributed by atoms with E-state index in [1.54, 1.807) is 12.1 Å². The highest BCUT2D eigenvalue weighted by Gasteiger charge is 2.19. The van der Waals surface area contributed by atoms with Crippen molar-refractivity contribution in [3.63, 3.8) is 0 Å². The molecule has 1 heterocycles. The molecule has 0 amide bonds. The van der Waals surface area contributed by atoms with Gasteiger partial charge in [-0.3, -0.25) is 14.9 Å². The average molecular weight is 372 g/mol. The third-order valence-corrected chi connectivity index (χ3v) is 4.08. The molecule has 0 saturated heterocycles. The fourth-order valence-electron chi connectivity index (χ4n) is 2.23. The zero-order chi connectivity index (χ0) is 16.4. The Morgan fingerprint density at radius 1 is 1.13 bits per heavy atom. The predicted molar refractivity (Wildman–Crippen MR) is 88.7 cm³/mol. The van der Waals surface area contributed by atoms with Crippen LogP contribution >= 0.6 is 15.9 Å². The second kappa shape index (κ2) is 6.13. The zero-order valence-electron chi connectivity index (χ0n) is 11.7. The number of aromatic nitrogens is 2. The van der Waals surface area contributed by atoms with Crippen LogP contribution in [-0.4, -0.2) is 21.0 Å². The summed E-state index contributed by atoms with van der Waals surface area (Å²) < 4.78 is 1.92. The van der Waals surface area contributed by atoms with E-state index in [-0.39, 0.29) is 5.69 Å². The van der Waals surface area contributed by atoms with E-state index in [1.807, 2.05) is 30.3 Å². The Morgan fingerprint density at radius 3 is 2.52 bits per heavy atom. The number of nitrogens with zero attached hydrogens (tertiary/aromatic N) is 3. The van der Waals surface area contributed by atoms with Gasteiger partial charge in [-0.1, -0.05) is 36.4 Å². The summed E-state index contributed by atoms with van der Waals surface area (Å²) >= 11 is 3.36. The number of nitro groups is 1. The van der Waals surface area contributed by atoms with Crippen molar-refractivity contribution >= 4 is 27.9 Å². The molecule has 114 valence electrons. The van der Waals surface area contributed by atoms with Gasteiger partial charge < -0.3 is 0 Å². The van der Waals surface area contributed by atoms with Crippen LogP contribution in [0.15, 0.2) is 59.2 Å². The monoisotopic (exact) mass is 371 g/mol. The molecule has 23 heavy (non-hydrogen) atoms. The van der Waals surface area contributed by atoms with Crippen molar-refractivity contribution in [3.8, 4) is 16.9 Å². The maximum atomic E-state index is 11.4. The Balaban J connectivity index is 2.18. The summed E-state index contributed by atoms with van der Waals surface area (Å²) in [6.45, 7) is 0. The molecule has 6 nitrogen and oxygen atoms in total. The van der Waals surface area contributed by atoms with Crippen molar-refractivity contribution in [1.29, 1.82) is 0 Å². The van der Waals surface area contributed by atoms with Crippen molar-refractivity contribution in [2.24, 2.45) is 0 Å². The average Bonchev–Trinajstić information content (AvgIpc) is 2.92. The molecule has 2 aromatic carbocycles. The summed E-state index contributed by atoms with van der Waals surface area (Å²) in [5.41, 5.74) is 2.15. The normalized spacial score (nSPS) is 10.5. The van der Waals surface area contributed by atoms with Crippen LogP contribution in [0.2, 0.25) is 0 Å². The Kier molecular flexibility index (Phi) is 4.03. The minimum Gasteiger partial charge on any atom is -0.298 e. The van der Waals surface area contributed by atoms with Gasteiger partial charge in [-0.2, -0.15) is 5.10 Å². The summed E-state index contributed by atoms with van der Waals surface area (Å²) in [7, 11) is 0. The molecule has 0 atom stereocenters. The van der Waals surface area contributed by atoms with E-state index in [2.05, 4.69) is 21.0 Å². The third kappa shape index (κ3) is 2.78. The Labute approximate surface area is 139 Å². The molecule has 0 unspecified atom stereocenters. The van der Waals surface area contributed by atoms with E-state index in [0.29, 0.717) is 27.8 Å². The van der Waals surface area contributed by atoms with Gasteiger partial charge in [-0.15, -0.1) is 0 Å². The standard InChI is InChI=1S/C16H10BrN3O3/c17-16-14(10-21)15(11-5-2-1-3-6-11)18-19(16)12-7-4-8-13(9-12)20(22)23/h1-10H. The van der Waals surface area contributed by atoms with E-state index in [0.717, 1.165) is 5.56 Å². The highest BCUT2D eigenvalue weighted by Crippen LogP contribution is 2.30. The molecule has 0 aliphatic heterocycles. The molecule has 0 fully saturated rings. The van der Waals surface area contributed by atoms with Crippen LogP contribution in [0.25, 0.3) is 16.9 Å². The van der Waals surface area contributed by atoms with Gasteiger partial charge in [0, 0.05) is 17.7 Å². The molecular formula is C16H10BrN3O3. The van der Waals surface area contributed by atoms with Crippen LogP contribution in [0.5, 0.6) is 0 Å². The van der Waals surface area contributed by atoms with Gasteiger partial charge in [-0.05, 0) is 22.0 Å². The molecule has 1 aromatic heterocycles. The van der Waals surface area contributed by atoms with Crippen molar-refractivity contribution < 1.29 is 9.72 Å². The van der Waals surface area contributed by atoms with E-state index >= 15 is 0 Å². The Hall–Kier alpha value is -2.80. The van der Waals surface area contributed by atoms with Crippen molar-refractivity contribution in [2.45, 2.75) is 0 Å². The second-order valence-electron chi connectivity index (χ2n) is 4.73. The molecule has 0 radical (unpaired) electrons. The van der Waals surface area contributed by atoms with Crippen LogP contribution in [-0.2, 0) is 0 Å². The maximum absolute atomic E-state index is 11.4. The number of hydrogen-bond donors (Lipinski definition) is 0. The molecule has 0 aliphatic rings. The number of aldehydes is 1. The lowest BCUT2D eigenvalue weighted by Gasteiger charge is -2.02. The van der Waals surface area contributed by atoms with Gasteiger partial charge in [0.2, 0.25) is 0 Å². The van der Waals surface area contributed by atoms with Crippen LogP contribution in [0, 0.1) is 10.1 Å². The third-order valence-electron chi connectivity index (χ3n) is 3.31. The number of non-ortho nitro benzene ring substituents is 1. The Bertz CT molecular complexity index is 891. The first kappa shape index (κ1) is 15.1. The summed E-state index contributed by atoms with van der Waals surface area (Å²) in [5.74, 6) is 0. The minimum absolute atomic E-state index is 0.0428. The first-order valence-electron chi connectivity index (χ1n) is 6.65. The molecule has 3 aromatic rings. The molecular weight excluding hydrogens is 362 g/mol. The highest BCUT2D eigenvalue weighted by molar-refractivity contribution is 9.10. The fourth-order valence-corrected chi connectivity index (χ4v) is 2.80. The Morgan fingerprint density at radius 2 is 1.87 bits per heavy atom. The summed E-state index contributed by atoms with van der Waals surface area (Å²) in [5, 5.41) is 15.4. The van der Waals surface area contributed by atoms with Crippen LogP contribution in [0.4, 0.5) is 5.69 Å². The van der Waals surface area contributed by atoms with Crippen LogP contribution in [0.1, 0.15) is 10.4 Å². The molecule has 0 aliphatic carbocycles. The number of hydrogen-bond acceptors (Lipinski definition) is 4. The number of benzene rings is 2. The van der Waals surface area contributed by atoms with E-state index < -0.39 is 4.92 Å². The maximum Gasteiger partial charge on any atom is 0.271 e. The van der Waals surface area contributed by atoms with Crippen molar-refractivity contribution in [1.82, 2.24) is 9.78 Å². The van der Waals surface area contributed by atoms with Crippen molar-refractivity contribution in [3.05, 3.63) is 74.9 Å². The lowest BCUT2D eigenvalue weighted by atomic mass is 10.1. The summed E-state index contributed by atoms with van der Waals surface area (Å²) in [4.78, 5) is 21.9. The summed E-state index contributed by atoms with van der Waals surface area (Å²) in [6, 6.07) is 15.3.